The molecule has 0 aromatic carbocycles. The van der Waals surface area contributed by atoms with E-state index in [-0.39, 0.29) is 23.8 Å². The molecular weight excluding hydrogens is 329 g/mol. The topological polar surface area (TPSA) is 101 Å². The lowest BCUT2D eigenvalue weighted by atomic mass is 10.1. The van der Waals surface area contributed by atoms with Gasteiger partial charge in [-0.15, -0.1) is 0 Å². The van der Waals surface area contributed by atoms with Gasteiger partial charge in [0, 0.05) is 12.6 Å². The second kappa shape index (κ2) is 7.50. The van der Waals surface area contributed by atoms with E-state index in [4.69, 9.17) is 21.4 Å². The second-order valence-corrected chi connectivity index (χ2v) is 5.70. The minimum Gasteiger partial charge on any atom is -0.391 e. The third kappa shape index (κ3) is 4.15. The quantitative estimate of drug-likeness (QED) is 0.516. The van der Waals surface area contributed by atoms with Crippen LogP contribution in [0.25, 0.3) is 11.0 Å². The Morgan fingerprint density at radius 2 is 2.04 bits per heavy atom. The normalized spacial score (nSPS) is 17.2. The molecule has 2 rings (SSSR count). The number of aryl methyl sites for hydroxylation is 1. The number of fused-ring (bicyclic) bond motifs is 1. The Hall–Kier alpha value is -1.32. The van der Waals surface area contributed by atoms with Gasteiger partial charge in [0.25, 0.3) is 0 Å². The number of aromatic nitrogens is 3. The number of ether oxygens (including phenoxy) is 1. The van der Waals surface area contributed by atoms with Gasteiger partial charge < -0.3 is 20.1 Å². The van der Waals surface area contributed by atoms with Crippen LogP contribution in [-0.4, -0.2) is 55.0 Å². The SMILES string of the molecule is Cc1cn(C(F)C(O)CC(O)COC(C)O)c2ncnc(Cl)c12. The summed E-state index contributed by atoms with van der Waals surface area (Å²) in [6.45, 7) is 2.92. The molecule has 0 saturated carbocycles. The second-order valence-electron chi connectivity index (χ2n) is 5.34. The fourth-order valence-electron chi connectivity index (χ4n) is 2.31. The number of nitrogens with zero attached hydrogens (tertiary/aromatic N) is 3. The first kappa shape index (κ1) is 18.0. The van der Waals surface area contributed by atoms with Gasteiger partial charge in [-0.1, -0.05) is 11.6 Å². The van der Waals surface area contributed by atoms with Crippen molar-refractivity contribution in [3.8, 4) is 0 Å². The van der Waals surface area contributed by atoms with E-state index in [2.05, 4.69) is 9.97 Å². The third-order valence-corrected chi connectivity index (χ3v) is 3.67. The van der Waals surface area contributed by atoms with Crippen LogP contribution in [0.5, 0.6) is 0 Å². The summed E-state index contributed by atoms with van der Waals surface area (Å²) in [5.41, 5.74) is 0.946. The van der Waals surface area contributed by atoms with Gasteiger partial charge in [0.2, 0.25) is 6.30 Å². The van der Waals surface area contributed by atoms with E-state index >= 15 is 0 Å². The summed E-state index contributed by atoms with van der Waals surface area (Å²) < 4.78 is 20.5. The zero-order valence-electron chi connectivity index (χ0n) is 12.7. The van der Waals surface area contributed by atoms with Crippen LogP contribution in [0.3, 0.4) is 0 Å². The maximum atomic E-state index is 14.6. The van der Waals surface area contributed by atoms with Crippen LogP contribution in [0.2, 0.25) is 5.15 Å². The standard InChI is InChI=1S/C14H19ClFN3O4/c1-7-4-19(14-11(7)12(15)17-6-18-14)13(16)10(22)3-9(21)5-23-8(2)20/h4,6,8-10,13,20-22H,3,5H2,1-2H3. The number of hydrogen-bond acceptors (Lipinski definition) is 6. The Balaban J connectivity index is 2.14. The van der Waals surface area contributed by atoms with E-state index in [0.717, 1.165) is 4.57 Å². The van der Waals surface area contributed by atoms with Crippen LogP contribution in [0.1, 0.15) is 25.2 Å². The van der Waals surface area contributed by atoms with Crippen molar-refractivity contribution < 1.29 is 24.4 Å². The first-order valence-electron chi connectivity index (χ1n) is 7.08. The fraction of sp³-hybridized carbons (Fsp3) is 0.571. The number of hydrogen-bond donors (Lipinski definition) is 3. The van der Waals surface area contributed by atoms with E-state index in [9.17, 15) is 14.6 Å². The molecule has 4 atom stereocenters. The van der Waals surface area contributed by atoms with Crippen molar-refractivity contribution in [1.82, 2.24) is 14.5 Å². The van der Waals surface area contributed by atoms with E-state index in [1.807, 2.05) is 0 Å². The lowest BCUT2D eigenvalue weighted by Crippen LogP contribution is -2.29. The predicted molar refractivity (Wildman–Crippen MR) is 81.7 cm³/mol. The van der Waals surface area contributed by atoms with Gasteiger partial charge in [-0.3, -0.25) is 4.57 Å². The molecule has 0 aliphatic heterocycles. The zero-order valence-corrected chi connectivity index (χ0v) is 13.5. The molecule has 0 aliphatic carbocycles. The molecule has 2 aromatic rings. The minimum atomic E-state index is -1.82. The Morgan fingerprint density at radius 1 is 1.35 bits per heavy atom. The Bertz CT molecular complexity index is 667. The van der Waals surface area contributed by atoms with Crippen molar-refractivity contribution in [2.45, 2.75) is 45.1 Å². The fourth-order valence-corrected chi connectivity index (χ4v) is 2.58. The molecular formula is C14H19ClFN3O4. The predicted octanol–water partition coefficient (Wildman–Crippen LogP) is 1.33. The largest absolute Gasteiger partial charge is 0.391 e. The molecule has 3 N–H and O–H groups in total. The van der Waals surface area contributed by atoms with Crippen molar-refractivity contribution in [3.05, 3.63) is 23.2 Å². The van der Waals surface area contributed by atoms with Gasteiger partial charge in [0.15, 0.2) is 6.29 Å². The van der Waals surface area contributed by atoms with Crippen molar-refractivity contribution in [3.63, 3.8) is 0 Å². The van der Waals surface area contributed by atoms with Crippen LogP contribution >= 0.6 is 11.6 Å². The molecule has 9 heteroatoms. The lowest BCUT2D eigenvalue weighted by molar-refractivity contribution is -0.117. The number of aliphatic hydroxyl groups excluding tert-OH is 3. The number of aliphatic hydroxyl groups is 3. The number of rotatable bonds is 7. The maximum Gasteiger partial charge on any atom is 0.203 e. The molecule has 2 heterocycles. The summed E-state index contributed by atoms with van der Waals surface area (Å²) in [7, 11) is 0. The first-order valence-corrected chi connectivity index (χ1v) is 7.46. The van der Waals surface area contributed by atoms with Gasteiger partial charge in [-0.2, -0.15) is 0 Å². The summed E-state index contributed by atoms with van der Waals surface area (Å²) in [6, 6.07) is 0. The number of halogens is 2. The van der Waals surface area contributed by atoms with Crippen LogP contribution in [0.4, 0.5) is 4.39 Å². The van der Waals surface area contributed by atoms with Crippen LogP contribution < -0.4 is 0 Å². The minimum absolute atomic E-state index is 0.207. The van der Waals surface area contributed by atoms with Crippen molar-refractivity contribution in [2.24, 2.45) is 0 Å². The van der Waals surface area contributed by atoms with E-state index in [1.165, 1.54) is 19.4 Å². The third-order valence-electron chi connectivity index (χ3n) is 3.38. The smallest absolute Gasteiger partial charge is 0.203 e. The summed E-state index contributed by atoms with van der Waals surface area (Å²) in [6.07, 6.45) is -3.02. The first-order chi connectivity index (χ1) is 10.8. The highest BCUT2D eigenvalue weighted by molar-refractivity contribution is 6.34. The molecule has 2 aromatic heterocycles. The highest BCUT2D eigenvalue weighted by atomic mass is 35.5. The molecule has 0 amide bonds. The van der Waals surface area contributed by atoms with Crippen LogP contribution in [-0.2, 0) is 4.74 Å². The Labute approximate surface area is 137 Å². The summed E-state index contributed by atoms with van der Waals surface area (Å²) in [5, 5.41) is 29.4. The highest BCUT2D eigenvalue weighted by Gasteiger charge is 2.26. The summed E-state index contributed by atoms with van der Waals surface area (Å²) in [4.78, 5) is 7.85. The molecule has 0 bridgehead atoms. The van der Waals surface area contributed by atoms with E-state index in [0.29, 0.717) is 10.9 Å². The molecule has 7 nitrogen and oxygen atoms in total. The Kier molecular flexibility index (Phi) is 5.88. The molecule has 4 unspecified atom stereocenters. The van der Waals surface area contributed by atoms with Crippen molar-refractivity contribution >= 4 is 22.6 Å². The van der Waals surface area contributed by atoms with Gasteiger partial charge in [-0.25, -0.2) is 14.4 Å². The van der Waals surface area contributed by atoms with Gasteiger partial charge in [0.05, 0.1) is 18.1 Å². The van der Waals surface area contributed by atoms with Gasteiger partial charge in [-0.05, 0) is 19.4 Å². The monoisotopic (exact) mass is 347 g/mol. The number of alkyl halides is 1. The van der Waals surface area contributed by atoms with Crippen molar-refractivity contribution in [1.29, 1.82) is 0 Å². The summed E-state index contributed by atoms with van der Waals surface area (Å²) in [5.74, 6) is 0. The van der Waals surface area contributed by atoms with Gasteiger partial charge in [0.1, 0.15) is 23.2 Å². The molecule has 0 fully saturated rings. The molecule has 0 radical (unpaired) electrons. The molecule has 128 valence electrons. The average molecular weight is 348 g/mol. The van der Waals surface area contributed by atoms with E-state index < -0.39 is 24.8 Å². The maximum absolute atomic E-state index is 14.6. The zero-order chi connectivity index (χ0) is 17.1. The van der Waals surface area contributed by atoms with Gasteiger partial charge >= 0.3 is 0 Å². The van der Waals surface area contributed by atoms with Crippen molar-refractivity contribution in [2.75, 3.05) is 6.61 Å². The molecule has 23 heavy (non-hydrogen) atoms. The summed E-state index contributed by atoms with van der Waals surface area (Å²) >= 11 is 5.99. The van der Waals surface area contributed by atoms with E-state index in [1.54, 1.807) is 6.92 Å². The molecule has 0 saturated heterocycles. The lowest BCUT2D eigenvalue weighted by Gasteiger charge is -2.21. The highest BCUT2D eigenvalue weighted by Crippen LogP contribution is 2.29. The molecule has 0 spiro atoms. The molecule has 0 aliphatic rings. The average Bonchev–Trinajstić information content (AvgIpc) is 2.82. The Morgan fingerprint density at radius 3 is 2.70 bits per heavy atom. The van der Waals surface area contributed by atoms with Crippen LogP contribution in [0, 0.1) is 6.92 Å². The van der Waals surface area contributed by atoms with Crippen LogP contribution in [0.15, 0.2) is 12.5 Å².